The van der Waals surface area contributed by atoms with E-state index >= 15 is 0 Å². The van der Waals surface area contributed by atoms with Crippen LogP contribution in [0.2, 0.25) is 0 Å². The van der Waals surface area contributed by atoms with Gasteiger partial charge in [-0.25, -0.2) is 4.98 Å². The Balaban J connectivity index is 1.42. The second-order valence-corrected chi connectivity index (χ2v) is 12.7. The standard InChI is InChI=1S/C32H45N3O3S/c1-4-24-12-13-28-30(19-24)39-31(33-28)20-26(18-23(3)36)32(38)34-27(25-10-6-5-7-11-25)14-15-29(37)22(2)21-35-16-8-9-17-35/h12-13,19,25-27H,2,4-11,14-18,20-21H2,1,3H3,(H,34,38)/t26-,27+/m0/s1. The number of thiazole rings is 1. The smallest absolute Gasteiger partial charge is 0.224 e. The number of Topliss-reactive ketones (excluding diaryl/α,β-unsaturated/α-hetero) is 2. The molecule has 1 amide bonds. The number of carbonyl (C=O) groups is 3. The quantitative estimate of drug-likeness (QED) is 0.289. The van der Waals surface area contributed by atoms with Crippen molar-refractivity contribution in [2.75, 3.05) is 19.6 Å². The molecule has 1 aromatic carbocycles. The summed E-state index contributed by atoms with van der Waals surface area (Å²) in [7, 11) is 0. The lowest BCUT2D eigenvalue weighted by molar-refractivity contribution is -0.130. The first-order valence-electron chi connectivity index (χ1n) is 14.9. The molecule has 1 aliphatic heterocycles. The fraction of sp³-hybridized carbons (Fsp3) is 0.625. The van der Waals surface area contributed by atoms with Crippen LogP contribution in [0.3, 0.4) is 0 Å². The van der Waals surface area contributed by atoms with E-state index in [1.54, 1.807) is 18.3 Å². The lowest BCUT2D eigenvalue weighted by Gasteiger charge is -2.32. The molecule has 6 nitrogen and oxygen atoms in total. The number of aromatic nitrogens is 1. The first-order chi connectivity index (χ1) is 18.8. The number of nitrogens with zero attached hydrogens (tertiary/aromatic N) is 2. The Kier molecular flexibility index (Phi) is 10.9. The van der Waals surface area contributed by atoms with Gasteiger partial charge in [-0.05, 0) is 82.2 Å². The third-order valence-electron chi connectivity index (χ3n) is 8.47. The molecule has 7 heteroatoms. The van der Waals surface area contributed by atoms with Crippen LogP contribution in [0.15, 0.2) is 30.4 Å². The molecule has 1 aliphatic carbocycles. The molecule has 2 aliphatic rings. The van der Waals surface area contributed by atoms with Crippen LogP contribution in [0.4, 0.5) is 0 Å². The molecule has 4 rings (SSSR count). The number of ketones is 2. The molecule has 0 unspecified atom stereocenters. The van der Waals surface area contributed by atoms with Gasteiger partial charge in [0.2, 0.25) is 5.91 Å². The van der Waals surface area contributed by atoms with Crippen LogP contribution in [-0.2, 0) is 27.2 Å². The lowest BCUT2D eigenvalue weighted by atomic mass is 9.81. The second-order valence-electron chi connectivity index (χ2n) is 11.6. The highest BCUT2D eigenvalue weighted by molar-refractivity contribution is 7.18. The average Bonchev–Trinajstić information content (AvgIpc) is 3.59. The molecule has 39 heavy (non-hydrogen) atoms. The van der Waals surface area contributed by atoms with Gasteiger partial charge in [0, 0.05) is 37.4 Å². The van der Waals surface area contributed by atoms with Crippen LogP contribution in [0.1, 0.15) is 88.6 Å². The Morgan fingerprint density at radius 2 is 1.87 bits per heavy atom. The monoisotopic (exact) mass is 551 g/mol. The summed E-state index contributed by atoms with van der Waals surface area (Å²) in [5.74, 6) is -0.0567. The number of amides is 1. The van der Waals surface area contributed by atoms with E-state index in [4.69, 9.17) is 4.98 Å². The summed E-state index contributed by atoms with van der Waals surface area (Å²) >= 11 is 1.62. The van der Waals surface area contributed by atoms with Gasteiger partial charge in [-0.15, -0.1) is 11.3 Å². The highest BCUT2D eigenvalue weighted by Crippen LogP contribution is 2.30. The molecule has 0 spiro atoms. The highest BCUT2D eigenvalue weighted by Gasteiger charge is 2.30. The maximum absolute atomic E-state index is 13.7. The molecular weight excluding hydrogens is 506 g/mol. The number of aryl methyl sites for hydroxylation is 1. The summed E-state index contributed by atoms with van der Waals surface area (Å²) in [6.45, 7) is 10.5. The predicted octanol–water partition coefficient (Wildman–Crippen LogP) is 6.06. The normalized spacial score (nSPS) is 18.2. The summed E-state index contributed by atoms with van der Waals surface area (Å²) < 4.78 is 1.12. The van der Waals surface area contributed by atoms with Crippen molar-refractivity contribution in [1.29, 1.82) is 0 Å². The van der Waals surface area contributed by atoms with E-state index in [1.165, 1.54) is 24.8 Å². The fourth-order valence-electron chi connectivity index (χ4n) is 6.16. The molecule has 2 aromatic rings. The van der Waals surface area contributed by atoms with Crippen LogP contribution in [0.25, 0.3) is 10.2 Å². The minimum Gasteiger partial charge on any atom is -0.353 e. The number of nitrogens with one attached hydrogen (secondary N) is 1. The SMILES string of the molecule is C=C(CN1CCCC1)C(=O)CC[C@@H](NC(=O)[C@@H](CC(C)=O)Cc1nc2ccc(CC)cc2s1)C1CCCCC1. The van der Waals surface area contributed by atoms with Gasteiger partial charge >= 0.3 is 0 Å². The number of rotatable bonds is 14. The Bertz CT molecular complexity index is 1160. The zero-order valence-electron chi connectivity index (χ0n) is 23.8. The molecule has 0 radical (unpaired) electrons. The zero-order chi connectivity index (χ0) is 27.8. The molecule has 2 heterocycles. The van der Waals surface area contributed by atoms with E-state index in [2.05, 4.69) is 35.9 Å². The summed E-state index contributed by atoms with van der Waals surface area (Å²) in [6, 6.07) is 6.26. The maximum Gasteiger partial charge on any atom is 0.224 e. The zero-order valence-corrected chi connectivity index (χ0v) is 24.6. The molecule has 1 saturated heterocycles. The number of likely N-dealkylation sites (tertiary alicyclic amines) is 1. The second kappa shape index (κ2) is 14.3. The predicted molar refractivity (Wildman–Crippen MR) is 159 cm³/mol. The third kappa shape index (κ3) is 8.55. The van der Waals surface area contributed by atoms with Crippen molar-refractivity contribution in [1.82, 2.24) is 15.2 Å². The van der Waals surface area contributed by atoms with Crippen LogP contribution in [0, 0.1) is 11.8 Å². The van der Waals surface area contributed by atoms with E-state index in [0.29, 0.717) is 37.3 Å². The van der Waals surface area contributed by atoms with Crippen LogP contribution >= 0.6 is 11.3 Å². The number of hydrogen-bond acceptors (Lipinski definition) is 6. The van der Waals surface area contributed by atoms with Gasteiger partial charge in [-0.1, -0.05) is 38.8 Å². The van der Waals surface area contributed by atoms with Crippen molar-refractivity contribution in [2.24, 2.45) is 11.8 Å². The van der Waals surface area contributed by atoms with Crippen molar-refractivity contribution in [3.63, 3.8) is 0 Å². The summed E-state index contributed by atoms with van der Waals surface area (Å²) in [5, 5.41) is 4.22. The first-order valence-corrected chi connectivity index (χ1v) is 15.8. The fourth-order valence-corrected chi connectivity index (χ4v) is 7.28. The summed E-state index contributed by atoms with van der Waals surface area (Å²) in [4.78, 5) is 45.9. The van der Waals surface area contributed by atoms with E-state index in [9.17, 15) is 14.4 Å². The third-order valence-corrected chi connectivity index (χ3v) is 9.51. The Labute approximate surface area is 237 Å². The van der Waals surface area contributed by atoms with Crippen molar-refractivity contribution >= 4 is 39.0 Å². The number of fused-ring (bicyclic) bond motifs is 1. The molecule has 1 aromatic heterocycles. The molecule has 2 fully saturated rings. The van der Waals surface area contributed by atoms with Crippen LogP contribution in [0.5, 0.6) is 0 Å². The van der Waals surface area contributed by atoms with Crippen molar-refractivity contribution in [3.8, 4) is 0 Å². The number of hydrogen-bond donors (Lipinski definition) is 1. The van der Waals surface area contributed by atoms with Gasteiger partial charge in [0.25, 0.3) is 0 Å². The summed E-state index contributed by atoms with van der Waals surface area (Å²) in [5.41, 5.74) is 2.90. The van der Waals surface area contributed by atoms with Crippen LogP contribution < -0.4 is 5.32 Å². The molecule has 212 valence electrons. The minimum atomic E-state index is -0.458. The van der Waals surface area contributed by atoms with E-state index < -0.39 is 5.92 Å². The summed E-state index contributed by atoms with van der Waals surface area (Å²) in [6.07, 6.45) is 10.7. The molecule has 0 bridgehead atoms. The molecule has 1 saturated carbocycles. The average molecular weight is 552 g/mol. The van der Waals surface area contributed by atoms with Gasteiger partial charge < -0.3 is 10.1 Å². The highest BCUT2D eigenvalue weighted by atomic mass is 32.1. The molecular formula is C32H45N3O3S. The number of benzene rings is 1. The van der Waals surface area contributed by atoms with Gasteiger partial charge in [0.15, 0.2) is 5.78 Å². The minimum absolute atomic E-state index is 0.00661. The van der Waals surface area contributed by atoms with Gasteiger partial charge in [0.1, 0.15) is 5.78 Å². The Morgan fingerprint density at radius 3 is 2.56 bits per heavy atom. The Hall–Kier alpha value is -2.38. The number of carbonyl (C=O) groups excluding carboxylic acids is 3. The lowest BCUT2D eigenvalue weighted by Crippen LogP contribution is -2.45. The van der Waals surface area contributed by atoms with Crippen molar-refractivity contribution < 1.29 is 14.4 Å². The van der Waals surface area contributed by atoms with Gasteiger partial charge in [0.05, 0.1) is 21.1 Å². The van der Waals surface area contributed by atoms with Crippen molar-refractivity contribution in [3.05, 3.63) is 40.9 Å². The topological polar surface area (TPSA) is 79.4 Å². The largest absolute Gasteiger partial charge is 0.353 e. The van der Waals surface area contributed by atoms with E-state index in [1.807, 2.05) is 6.07 Å². The van der Waals surface area contributed by atoms with Gasteiger partial charge in [-0.2, -0.15) is 0 Å². The van der Waals surface area contributed by atoms with E-state index in [0.717, 1.165) is 60.4 Å². The van der Waals surface area contributed by atoms with E-state index in [-0.39, 0.29) is 29.9 Å². The van der Waals surface area contributed by atoms with Crippen molar-refractivity contribution in [2.45, 2.75) is 96.9 Å². The van der Waals surface area contributed by atoms with Crippen LogP contribution in [-0.4, -0.2) is 53.0 Å². The molecule has 2 atom stereocenters. The first kappa shape index (κ1) is 29.6. The molecule has 1 N–H and O–H groups in total. The Morgan fingerprint density at radius 1 is 1.13 bits per heavy atom. The maximum atomic E-state index is 13.7. The van der Waals surface area contributed by atoms with Gasteiger partial charge in [-0.3, -0.25) is 14.5 Å².